The number of thioether (sulfide) groups is 1. The normalized spacial score (nSPS) is 11.4. The maximum atomic E-state index is 12.1. The summed E-state index contributed by atoms with van der Waals surface area (Å²) in [5.41, 5.74) is 1.56. The number of hydrogen-bond acceptors (Lipinski definition) is 6. The van der Waals surface area contributed by atoms with Gasteiger partial charge in [-0.3, -0.25) is 9.59 Å². The second-order valence-corrected chi connectivity index (χ2v) is 7.16. The molecule has 0 spiro atoms. The predicted octanol–water partition coefficient (Wildman–Crippen LogP) is 3.44. The van der Waals surface area contributed by atoms with Crippen molar-refractivity contribution in [2.24, 2.45) is 0 Å². The van der Waals surface area contributed by atoms with E-state index in [1.54, 1.807) is 26.0 Å². The van der Waals surface area contributed by atoms with Gasteiger partial charge in [0.05, 0.1) is 12.7 Å². The van der Waals surface area contributed by atoms with Crippen LogP contribution in [0.4, 0.5) is 5.69 Å². The minimum absolute atomic E-state index is 0.322. The van der Waals surface area contributed by atoms with E-state index in [0.29, 0.717) is 11.3 Å². The number of nitrogens with one attached hydrogen (secondary N) is 1. The lowest BCUT2D eigenvalue weighted by Crippen LogP contribution is -2.25. The Morgan fingerprint density at radius 3 is 2.48 bits per heavy atom. The van der Waals surface area contributed by atoms with Crippen molar-refractivity contribution < 1.29 is 23.9 Å². The van der Waals surface area contributed by atoms with E-state index in [-0.39, 0.29) is 0 Å². The number of hydrogen-bond donors (Lipinski definition) is 1. The van der Waals surface area contributed by atoms with Crippen molar-refractivity contribution in [1.29, 1.82) is 0 Å². The van der Waals surface area contributed by atoms with Crippen LogP contribution in [0.15, 0.2) is 53.4 Å². The first-order valence-corrected chi connectivity index (χ1v) is 9.16. The zero-order valence-corrected chi connectivity index (χ0v) is 16.2. The molecule has 27 heavy (non-hydrogen) atoms. The van der Waals surface area contributed by atoms with Gasteiger partial charge in [0, 0.05) is 10.6 Å². The van der Waals surface area contributed by atoms with Crippen molar-refractivity contribution in [2.45, 2.75) is 24.0 Å². The molecule has 142 valence electrons. The van der Waals surface area contributed by atoms with Gasteiger partial charge in [-0.2, -0.15) is 0 Å². The van der Waals surface area contributed by atoms with Crippen LogP contribution in [0.25, 0.3) is 0 Å². The molecule has 7 heteroatoms. The zero-order valence-electron chi connectivity index (χ0n) is 15.4. The lowest BCUT2D eigenvalue weighted by Gasteiger charge is -2.12. The number of ether oxygens (including phenoxy) is 2. The third-order valence-electron chi connectivity index (χ3n) is 3.67. The fourth-order valence-corrected chi connectivity index (χ4v) is 3.08. The van der Waals surface area contributed by atoms with Gasteiger partial charge in [0.1, 0.15) is 5.25 Å². The summed E-state index contributed by atoms with van der Waals surface area (Å²) in [6, 6.07) is 14.3. The highest BCUT2D eigenvalue weighted by Crippen LogP contribution is 2.23. The number of rotatable bonds is 7. The number of aryl methyl sites for hydroxylation is 1. The number of carbonyl (C=O) groups is 3. The average molecular weight is 387 g/mol. The first-order chi connectivity index (χ1) is 12.9. The summed E-state index contributed by atoms with van der Waals surface area (Å²) in [6.07, 6.45) is 0. The van der Waals surface area contributed by atoms with Crippen molar-refractivity contribution >= 4 is 35.3 Å². The zero-order chi connectivity index (χ0) is 19.8. The third-order valence-corrected chi connectivity index (χ3v) is 4.76. The molecule has 2 aromatic rings. The first-order valence-electron chi connectivity index (χ1n) is 8.28. The molecule has 0 bridgehead atoms. The molecule has 2 rings (SSSR count). The van der Waals surface area contributed by atoms with Gasteiger partial charge in [-0.15, -0.1) is 11.8 Å². The molecule has 0 aliphatic heterocycles. The summed E-state index contributed by atoms with van der Waals surface area (Å²) in [5.74, 6) is -1.45. The van der Waals surface area contributed by atoms with Gasteiger partial charge in [0.25, 0.3) is 5.91 Å². The topological polar surface area (TPSA) is 81.7 Å². The highest BCUT2D eigenvalue weighted by molar-refractivity contribution is 8.00. The summed E-state index contributed by atoms with van der Waals surface area (Å²) >= 11 is 1.36. The average Bonchev–Trinajstić information content (AvgIpc) is 2.67. The SMILES string of the molecule is COC(=O)c1ccc(C)c(NC(=O)COC(=O)[C@H](C)Sc2ccccc2)c1. The van der Waals surface area contributed by atoms with Crippen molar-refractivity contribution in [2.75, 3.05) is 19.0 Å². The molecule has 1 atom stereocenters. The highest BCUT2D eigenvalue weighted by atomic mass is 32.2. The Bertz CT molecular complexity index is 822. The van der Waals surface area contributed by atoms with Gasteiger partial charge in [-0.05, 0) is 43.7 Å². The van der Waals surface area contributed by atoms with Crippen LogP contribution in [0.2, 0.25) is 0 Å². The molecule has 1 N–H and O–H groups in total. The smallest absolute Gasteiger partial charge is 0.337 e. The van der Waals surface area contributed by atoms with Crippen LogP contribution in [0, 0.1) is 6.92 Å². The standard InChI is InChI=1S/C20H21NO5S/c1-13-9-10-15(20(24)25-3)11-17(13)21-18(22)12-26-19(23)14(2)27-16-7-5-4-6-8-16/h4-11,14H,12H2,1-3H3,(H,21,22)/t14-/m0/s1. The Labute approximate surface area is 162 Å². The second kappa shape index (κ2) is 9.78. The van der Waals surface area contributed by atoms with Crippen molar-refractivity contribution in [3.8, 4) is 0 Å². The van der Waals surface area contributed by atoms with E-state index in [4.69, 9.17) is 4.74 Å². The van der Waals surface area contributed by atoms with Gasteiger partial charge >= 0.3 is 11.9 Å². The van der Waals surface area contributed by atoms with Crippen LogP contribution in [0.5, 0.6) is 0 Å². The molecule has 0 aliphatic carbocycles. The minimum Gasteiger partial charge on any atom is -0.465 e. The molecule has 0 radical (unpaired) electrons. The Kier molecular flexibility index (Phi) is 7.43. The van der Waals surface area contributed by atoms with Crippen LogP contribution in [-0.2, 0) is 19.1 Å². The molecular weight excluding hydrogens is 366 g/mol. The van der Waals surface area contributed by atoms with E-state index < -0.39 is 29.7 Å². The largest absolute Gasteiger partial charge is 0.465 e. The molecule has 0 unspecified atom stereocenters. The molecule has 0 aromatic heterocycles. The number of carbonyl (C=O) groups excluding carboxylic acids is 3. The van der Waals surface area contributed by atoms with Gasteiger partial charge in [-0.25, -0.2) is 4.79 Å². The number of esters is 2. The van der Waals surface area contributed by atoms with Gasteiger partial charge in [0.15, 0.2) is 6.61 Å². The molecular formula is C20H21NO5S. The van der Waals surface area contributed by atoms with E-state index in [1.807, 2.05) is 30.3 Å². The van der Waals surface area contributed by atoms with Crippen molar-refractivity contribution in [3.05, 3.63) is 59.7 Å². The van der Waals surface area contributed by atoms with Crippen LogP contribution in [-0.4, -0.2) is 36.8 Å². The Morgan fingerprint density at radius 2 is 1.81 bits per heavy atom. The molecule has 0 saturated heterocycles. The van der Waals surface area contributed by atoms with E-state index >= 15 is 0 Å². The summed E-state index contributed by atoms with van der Waals surface area (Å²) in [6.45, 7) is 3.11. The fourth-order valence-electron chi connectivity index (χ4n) is 2.19. The summed E-state index contributed by atoms with van der Waals surface area (Å²) in [5, 5.41) is 2.20. The van der Waals surface area contributed by atoms with Gasteiger partial charge < -0.3 is 14.8 Å². The second-order valence-electron chi connectivity index (χ2n) is 5.75. The van der Waals surface area contributed by atoms with Crippen molar-refractivity contribution in [3.63, 3.8) is 0 Å². The van der Waals surface area contributed by atoms with Crippen LogP contribution >= 0.6 is 11.8 Å². The monoisotopic (exact) mass is 387 g/mol. The predicted molar refractivity (Wildman–Crippen MR) is 104 cm³/mol. The molecule has 6 nitrogen and oxygen atoms in total. The first kappa shape index (κ1) is 20.5. The fraction of sp³-hybridized carbons (Fsp3) is 0.250. The Morgan fingerprint density at radius 1 is 1.11 bits per heavy atom. The maximum absolute atomic E-state index is 12.1. The highest BCUT2D eigenvalue weighted by Gasteiger charge is 2.18. The molecule has 1 amide bonds. The van der Waals surface area contributed by atoms with Crippen LogP contribution in [0.1, 0.15) is 22.8 Å². The molecule has 0 aliphatic rings. The van der Waals surface area contributed by atoms with Crippen LogP contribution < -0.4 is 5.32 Å². The maximum Gasteiger partial charge on any atom is 0.337 e. The molecule has 2 aromatic carbocycles. The van der Waals surface area contributed by atoms with E-state index in [9.17, 15) is 14.4 Å². The van der Waals surface area contributed by atoms with Crippen molar-refractivity contribution in [1.82, 2.24) is 0 Å². The van der Waals surface area contributed by atoms with E-state index in [2.05, 4.69) is 10.1 Å². The molecule has 0 saturated carbocycles. The number of methoxy groups -OCH3 is 1. The van der Waals surface area contributed by atoms with Gasteiger partial charge in [0.2, 0.25) is 0 Å². The molecule has 0 fully saturated rings. The van der Waals surface area contributed by atoms with Crippen LogP contribution in [0.3, 0.4) is 0 Å². The lowest BCUT2D eigenvalue weighted by molar-refractivity contribution is -0.146. The number of benzene rings is 2. The summed E-state index contributed by atoms with van der Waals surface area (Å²) < 4.78 is 9.75. The number of anilines is 1. The molecule has 0 heterocycles. The quantitative estimate of drug-likeness (QED) is 0.579. The van der Waals surface area contributed by atoms with Gasteiger partial charge in [-0.1, -0.05) is 24.3 Å². The Hall–Kier alpha value is -2.80. The summed E-state index contributed by atoms with van der Waals surface area (Å²) in [4.78, 5) is 36.7. The Balaban J connectivity index is 1.88. The minimum atomic E-state index is -0.497. The van der Waals surface area contributed by atoms with E-state index in [0.717, 1.165) is 10.5 Å². The van der Waals surface area contributed by atoms with E-state index in [1.165, 1.54) is 24.9 Å². The number of amides is 1. The lowest BCUT2D eigenvalue weighted by atomic mass is 10.1. The summed E-state index contributed by atoms with van der Waals surface area (Å²) in [7, 11) is 1.29. The third kappa shape index (κ3) is 6.14.